The third-order valence-electron chi connectivity index (χ3n) is 2.33. The number of anilines is 1. The number of benzene rings is 1. The van der Waals surface area contributed by atoms with E-state index in [-0.39, 0.29) is 0 Å². The summed E-state index contributed by atoms with van der Waals surface area (Å²) in [4.78, 5) is 0. The van der Waals surface area contributed by atoms with Crippen molar-refractivity contribution in [3.05, 3.63) is 41.6 Å². The monoisotopic (exact) mass is 228 g/mol. The molecule has 1 N–H and O–H groups in total. The van der Waals surface area contributed by atoms with Crippen LogP contribution in [-0.4, -0.2) is 6.54 Å². The fourth-order valence-electron chi connectivity index (χ4n) is 1.52. The first-order valence-corrected chi connectivity index (χ1v) is 4.84. The minimum atomic E-state index is -4.30. The van der Waals surface area contributed by atoms with Gasteiger partial charge in [-0.15, -0.1) is 0 Å². The molecule has 0 saturated heterocycles. The highest BCUT2D eigenvalue weighted by molar-refractivity contribution is 5.52. The fourth-order valence-corrected chi connectivity index (χ4v) is 1.52. The van der Waals surface area contributed by atoms with Crippen LogP contribution >= 0.6 is 0 Å². The van der Waals surface area contributed by atoms with Gasteiger partial charge in [0, 0.05) is 12.7 Å². The second-order valence-corrected chi connectivity index (χ2v) is 3.73. The molecule has 0 bridgehead atoms. The average Bonchev–Trinajstić information content (AvgIpc) is 2.64. The maximum atomic E-state index is 12.5. The summed E-state index contributed by atoms with van der Waals surface area (Å²) in [6, 6.07) is 5.23. The van der Waals surface area contributed by atoms with Crippen LogP contribution in [0.25, 0.3) is 0 Å². The number of halogens is 3. The van der Waals surface area contributed by atoms with Crippen molar-refractivity contribution in [3.63, 3.8) is 0 Å². The number of nitrogens with one attached hydrogen (secondary N) is 1. The number of hydrogen-bond donors (Lipinski definition) is 1. The predicted octanol–water partition coefficient (Wildman–Crippen LogP) is 2.93. The van der Waals surface area contributed by atoms with Crippen LogP contribution in [0, 0.1) is 0 Å². The molecule has 86 valence electrons. The highest BCUT2D eigenvalue weighted by Gasteiger charge is 2.30. The molecule has 0 spiro atoms. The van der Waals surface area contributed by atoms with Gasteiger partial charge in [0.25, 0.3) is 0 Å². The molecule has 0 aromatic heterocycles. The smallest absolute Gasteiger partial charge is 0.284 e. The average molecular weight is 228 g/mol. The van der Waals surface area contributed by atoms with Crippen LogP contribution in [-0.2, 0) is 6.18 Å². The maximum Gasteiger partial charge on any atom is 0.416 e. The number of nitrogens with zero attached hydrogens (tertiary/aromatic N) is 1. The van der Waals surface area contributed by atoms with Crippen molar-refractivity contribution in [2.24, 2.45) is 0 Å². The van der Waals surface area contributed by atoms with E-state index in [2.05, 4.69) is 5.43 Å². The van der Waals surface area contributed by atoms with Crippen molar-refractivity contribution in [1.82, 2.24) is 5.43 Å². The first-order valence-electron chi connectivity index (χ1n) is 4.84. The van der Waals surface area contributed by atoms with E-state index in [0.29, 0.717) is 12.2 Å². The van der Waals surface area contributed by atoms with Crippen molar-refractivity contribution in [2.75, 3.05) is 11.6 Å². The van der Waals surface area contributed by atoms with E-state index in [9.17, 15) is 13.2 Å². The summed E-state index contributed by atoms with van der Waals surface area (Å²) in [5, 5.41) is 1.60. The van der Waals surface area contributed by atoms with Gasteiger partial charge in [0.1, 0.15) is 0 Å². The number of alkyl halides is 3. The summed E-state index contributed by atoms with van der Waals surface area (Å²) in [5.74, 6) is 0. The Morgan fingerprint density at radius 1 is 1.31 bits per heavy atom. The fraction of sp³-hybridized carbons (Fsp3) is 0.273. The molecule has 5 heteroatoms. The van der Waals surface area contributed by atoms with E-state index in [4.69, 9.17) is 0 Å². The van der Waals surface area contributed by atoms with Gasteiger partial charge in [0.15, 0.2) is 0 Å². The molecule has 0 saturated carbocycles. The van der Waals surface area contributed by atoms with Crippen LogP contribution in [0.4, 0.5) is 18.9 Å². The van der Waals surface area contributed by atoms with Crippen molar-refractivity contribution in [2.45, 2.75) is 13.1 Å². The third kappa shape index (κ3) is 2.19. The lowest BCUT2D eigenvalue weighted by Gasteiger charge is -2.17. The number of hydrogen-bond acceptors (Lipinski definition) is 2. The molecule has 2 rings (SSSR count). The molecule has 0 radical (unpaired) electrons. The lowest BCUT2D eigenvalue weighted by Crippen LogP contribution is -2.28. The topological polar surface area (TPSA) is 15.3 Å². The van der Waals surface area contributed by atoms with E-state index >= 15 is 0 Å². The van der Waals surface area contributed by atoms with Gasteiger partial charge in [0.05, 0.1) is 11.3 Å². The molecule has 2 nitrogen and oxygen atoms in total. The first-order chi connectivity index (χ1) is 7.47. The lowest BCUT2D eigenvalue weighted by atomic mass is 10.2. The van der Waals surface area contributed by atoms with Gasteiger partial charge >= 0.3 is 6.18 Å². The van der Waals surface area contributed by atoms with Crippen LogP contribution in [0.1, 0.15) is 12.5 Å². The Bertz CT molecular complexity index is 423. The van der Waals surface area contributed by atoms with Gasteiger partial charge in [-0.2, -0.15) is 13.2 Å². The summed E-state index contributed by atoms with van der Waals surface area (Å²) in [7, 11) is 0. The summed E-state index contributed by atoms with van der Waals surface area (Å²) in [6.07, 6.45) is -2.51. The zero-order valence-electron chi connectivity index (χ0n) is 8.67. The highest BCUT2D eigenvalue weighted by Crippen LogP contribution is 2.31. The number of rotatable bonds is 1. The molecule has 1 heterocycles. The minimum Gasteiger partial charge on any atom is -0.284 e. The molecule has 1 aromatic carbocycles. The quantitative estimate of drug-likeness (QED) is 0.795. The van der Waals surface area contributed by atoms with Crippen LogP contribution in [0.5, 0.6) is 0 Å². The third-order valence-corrected chi connectivity index (χ3v) is 2.33. The second-order valence-electron chi connectivity index (χ2n) is 3.73. The van der Waals surface area contributed by atoms with Crippen molar-refractivity contribution >= 4 is 5.69 Å². The largest absolute Gasteiger partial charge is 0.416 e. The molecule has 1 aromatic rings. The molecule has 0 unspecified atom stereocenters. The van der Waals surface area contributed by atoms with E-state index < -0.39 is 11.7 Å². The van der Waals surface area contributed by atoms with E-state index in [1.54, 1.807) is 17.3 Å². The van der Waals surface area contributed by atoms with Gasteiger partial charge in [0.2, 0.25) is 0 Å². The summed E-state index contributed by atoms with van der Waals surface area (Å²) in [5.41, 5.74) is 3.91. The highest BCUT2D eigenvalue weighted by atomic mass is 19.4. The number of hydrazine groups is 1. The molecule has 0 atom stereocenters. The van der Waals surface area contributed by atoms with Crippen LogP contribution in [0.2, 0.25) is 0 Å². The van der Waals surface area contributed by atoms with Crippen LogP contribution in [0.3, 0.4) is 0 Å². The Morgan fingerprint density at radius 3 is 2.62 bits per heavy atom. The van der Waals surface area contributed by atoms with Crippen LogP contribution in [0.15, 0.2) is 36.0 Å². The second kappa shape index (κ2) is 3.83. The Hall–Kier alpha value is -1.49. The minimum absolute atomic E-state index is 0.492. The van der Waals surface area contributed by atoms with E-state index in [0.717, 1.165) is 17.7 Å². The Kier molecular flexibility index (Phi) is 2.63. The molecule has 0 aliphatic carbocycles. The van der Waals surface area contributed by atoms with Crippen molar-refractivity contribution in [1.29, 1.82) is 0 Å². The molecular weight excluding hydrogens is 217 g/mol. The summed E-state index contributed by atoms with van der Waals surface area (Å²) >= 11 is 0. The van der Waals surface area contributed by atoms with Gasteiger partial charge < -0.3 is 0 Å². The van der Waals surface area contributed by atoms with Gasteiger partial charge in [-0.25, -0.2) is 5.43 Å². The van der Waals surface area contributed by atoms with Gasteiger partial charge in [-0.3, -0.25) is 5.01 Å². The molecule has 1 aliphatic heterocycles. The first kappa shape index (κ1) is 11.0. The van der Waals surface area contributed by atoms with Crippen molar-refractivity contribution in [3.8, 4) is 0 Å². The molecule has 1 aliphatic rings. The zero-order chi connectivity index (χ0) is 11.8. The van der Waals surface area contributed by atoms with E-state index in [1.165, 1.54) is 6.07 Å². The Labute approximate surface area is 91.3 Å². The van der Waals surface area contributed by atoms with Crippen LogP contribution < -0.4 is 10.4 Å². The van der Waals surface area contributed by atoms with E-state index in [1.807, 2.05) is 6.92 Å². The normalized spacial score (nSPS) is 16.5. The van der Waals surface area contributed by atoms with Gasteiger partial charge in [-0.05, 0) is 30.7 Å². The standard InChI is InChI=1S/C11H11F3N2/c1-8-6-15-16(7-8)10-4-2-3-9(5-10)11(12,13)14/h2-5,7,15H,6H2,1H3. The Morgan fingerprint density at radius 2 is 2.06 bits per heavy atom. The SMILES string of the molecule is CC1=CN(c2cccc(C(F)(F)F)c2)NC1. The molecular formula is C11H11F3N2. The van der Waals surface area contributed by atoms with Crippen molar-refractivity contribution < 1.29 is 13.2 Å². The van der Waals surface area contributed by atoms with Gasteiger partial charge in [-0.1, -0.05) is 6.07 Å². The summed E-state index contributed by atoms with van der Waals surface area (Å²) < 4.78 is 37.4. The maximum absolute atomic E-state index is 12.5. The predicted molar refractivity (Wildman–Crippen MR) is 55.7 cm³/mol. The zero-order valence-corrected chi connectivity index (χ0v) is 8.67. The lowest BCUT2D eigenvalue weighted by molar-refractivity contribution is -0.137. The Balaban J connectivity index is 2.30. The molecule has 16 heavy (non-hydrogen) atoms. The summed E-state index contributed by atoms with van der Waals surface area (Å²) in [6.45, 7) is 2.58. The molecule has 0 fully saturated rings. The molecule has 0 amide bonds.